The van der Waals surface area contributed by atoms with E-state index in [1.165, 1.54) is 19.9 Å². The molecule has 0 atom stereocenters. The summed E-state index contributed by atoms with van der Waals surface area (Å²) in [6.07, 6.45) is 1.25. The molecule has 7 heteroatoms. The molecular formula is C11H15F3N4. The summed E-state index contributed by atoms with van der Waals surface area (Å²) in [5.41, 5.74) is 0.881. The Morgan fingerprint density at radius 3 is 2.44 bits per heavy atom. The number of hydrogen-bond donors (Lipinski definition) is 1. The third-order valence-electron chi connectivity index (χ3n) is 2.62. The molecular weight excluding hydrogens is 245 g/mol. The molecule has 0 radical (unpaired) electrons. The molecule has 1 heterocycles. The molecule has 0 spiro atoms. The minimum absolute atomic E-state index is 0.0856. The average molecular weight is 260 g/mol. The lowest BCUT2D eigenvalue weighted by molar-refractivity contribution is -0.119. The molecule has 0 aromatic carbocycles. The zero-order valence-electron chi connectivity index (χ0n) is 10.0. The van der Waals surface area contributed by atoms with E-state index >= 15 is 0 Å². The zero-order chi connectivity index (χ0) is 13.2. The van der Waals surface area contributed by atoms with E-state index in [9.17, 15) is 13.2 Å². The lowest BCUT2D eigenvalue weighted by atomic mass is 10.3. The van der Waals surface area contributed by atoms with Gasteiger partial charge in [-0.25, -0.2) is 9.97 Å². The molecule has 18 heavy (non-hydrogen) atoms. The van der Waals surface area contributed by atoms with Gasteiger partial charge in [-0.15, -0.1) is 0 Å². The van der Waals surface area contributed by atoms with E-state index in [0.717, 1.165) is 10.5 Å². The Balaban J connectivity index is 1.89. The number of nitrogens with zero attached hydrogens (tertiary/aromatic N) is 3. The Labute approximate surface area is 103 Å². The highest BCUT2D eigenvalue weighted by Crippen LogP contribution is 2.20. The van der Waals surface area contributed by atoms with Gasteiger partial charge < -0.3 is 10.2 Å². The van der Waals surface area contributed by atoms with Crippen LogP contribution in [0.4, 0.5) is 19.1 Å². The second-order valence-corrected chi connectivity index (χ2v) is 4.52. The van der Waals surface area contributed by atoms with Crippen LogP contribution in [0.25, 0.3) is 0 Å². The van der Waals surface area contributed by atoms with Gasteiger partial charge in [-0.2, -0.15) is 13.2 Å². The standard InChI is InChI=1S/C11H15F3N4/c1-18(7-11(12,13)14)10-16-5-8(6-17-10)4-15-9-2-3-9/h5-6,9,15H,2-4,7H2,1H3. The minimum atomic E-state index is -4.25. The number of halogens is 3. The summed E-state index contributed by atoms with van der Waals surface area (Å²) in [5.74, 6) is 0.0856. The highest BCUT2D eigenvalue weighted by atomic mass is 19.4. The van der Waals surface area contributed by atoms with Crippen LogP contribution in [-0.2, 0) is 6.54 Å². The first-order valence-corrected chi connectivity index (χ1v) is 5.76. The molecule has 4 nitrogen and oxygen atoms in total. The molecule has 1 N–H and O–H groups in total. The van der Waals surface area contributed by atoms with Crippen LogP contribution >= 0.6 is 0 Å². The molecule has 0 unspecified atom stereocenters. The van der Waals surface area contributed by atoms with E-state index in [1.807, 2.05) is 0 Å². The normalized spacial score (nSPS) is 15.8. The Bertz CT molecular complexity index is 386. The lowest BCUT2D eigenvalue weighted by Crippen LogP contribution is -2.32. The van der Waals surface area contributed by atoms with Crippen LogP contribution in [0.3, 0.4) is 0 Å². The minimum Gasteiger partial charge on any atom is -0.335 e. The molecule has 2 rings (SSSR count). The monoisotopic (exact) mass is 260 g/mol. The van der Waals surface area contributed by atoms with Crippen LogP contribution < -0.4 is 10.2 Å². The van der Waals surface area contributed by atoms with Crippen molar-refractivity contribution in [2.45, 2.75) is 31.6 Å². The average Bonchev–Trinajstić information content (AvgIpc) is 3.08. The topological polar surface area (TPSA) is 41.1 Å². The second kappa shape index (κ2) is 5.09. The van der Waals surface area contributed by atoms with Gasteiger partial charge in [0.25, 0.3) is 0 Å². The molecule has 1 fully saturated rings. The summed E-state index contributed by atoms with van der Waals surface area (Å²) in [4.78, 5) is 8.86. The maximum Gasteiger partial charge on any atom is 0.406 e. The van der Waals surface area contributed by atoms with Crippen LogP contribution in [0.1, 0.15) is 18.4 Å². The fraction of sp³-hybridized carbons (Fsp3) is 0.636. The first kappa shape index (κ1) is 13.1. The van der Waals surface area contributed by atoms with Crippen molar-refractivity contribution in [1.82, 2.24) is 15.3 Å². The highest BCUT2D eigenvalue weighted by molar-refractivity contribution is 5.28. The van der Waals surface area contributed by atoms with Gasteiger partial charge in [0.2, 0.25) is 5.95 Å². The zero-order valence-corrected chi connectivity index (χ0v) is 10.0. The van der Waals surface area contributed by atoms with Crippen molar-refractivity contribution in [3.63, 3.8) is 0 Å². The van der Waals surface area contributed by atoms with Gasteiger partial charge >= 0.3 is 6.18 Å². The molecule has 1 aromatic heterocycles. The molecule has 0 amide bonds. The molecule has 1 aliphatic carbocycles. The summed E-state index contributed by atoms with van der Waals surface area (Å²) >= 11 is 0. The largest absolute Gasteiger partial charge is 0.406 e. The van der Waals surface area contributed by atoms with E-state index in [0.29, 0.717) is 12.6 Å². The first-order valence-electron chi connectivity index (χ1n) is 5.76. The fourth-order valence-electron chi connectivity index (χ4n) is 1.53. The van der Waals surface area contributed by atoms with Gasteiger partial charge in [-0.1, -0.05) is 0 Å². The number of anilines is 1. The maximum absolute atomic E-state index is 12.2. The van der Waals surface area contributed by atoms with Gasteiger partial charge in [0.15, 0.2) is 0 Å². The van der Waals surface area contributed by atoms with Crippen LogP contribution in [0.5, 0.6) is 0 Å². The summed E-state index contributed by atoms with van der Waals surface area (Å²) < 4.78 is 36.5. The Hall–Kier alpha value is -1.37. The molecule has 0 bridgehead atoms. The van der Waals surface area contributed by atoms with Crippen molar-refractivity contribution in [3.05, 3.63) is 18.0 Å². The fourth-order valence-corrected chi connectivity index (χ4v) is 1.53. The quantitative estimate of drug-likeness (QED) is 0.875. The van der Waals surface area contributed by atoms with Crippen molar-refractivity contribution in [1.29, 1.82) is 0 Å². The Kier molecular flexibility index (Phi) is 3.70. The maximum atomic E-state index is 12.2. The molecule has 0 saturated heterocycles. The third kappa shape index (κ3) is 4.14. The Morgan fingerprint density at radius 1 is 1.33 bits per heavy atom. The predicted octanol–water partition coefficient (Wildman–Crippen LogP) is 1.73. The van der Waals surface area contributed by atoms with Crippen LogP contribution in [0.2, 0.25) is 0 Å². The number of hydrogen-bond acceptors (Lipinski definition) is 4. The smallest absolute Gasteiger partial charge is 0.335 e. The SMILES string of the molecule is CN(CC(F)(F)F)c1ncc(CNC2CC2)cn1. The summed E-state index contributed by atoms with van der Waals surface area (Å²) in [7, 11) is 1.32. The molecule has 1 saturated carbocycles. The summed E-state index contributed by atoms with van der Waals surface area (Å²) in [6.45, 7) is -0.388. The third-order valence-corrected chi connectivity index (χ3v) is 2.62. The first-order chi connectivity index (χ1) is 8.44. The number of alkyl halides is 3. The Morgan fingerprint density at radius 2 is 1.94 bits per heavy atom. The van der Waals surface area contributed by atoms with E-state index in [1.54, 1.807) is 12.4 Å². The van der Waals surface area contributed by atoms with Crippen LogP contribution in [-0.4, -0.2) is 35.8 Å². The van der Waals surface area contributed by atoms with E-state index in [4.69, 9.17) is 0 Å². The number of aromatic nitrogens is 2. The molecule has 100 valence electrons. The van der Waals surface area contributed by atoms with Gasteiger partial charge in [-0.3, -0.25) is 0 Å². The highest BCUT2D eigenvalue weighted by Gasteiger charge is 2.30. The van der Waals surface area contributed by atoms with Crippen LogP contribution in [0.15, 0.2) is 12.4 Å². The van der Waals surface area contributed by atoms with Gasteiger partial charge in [0.1, 0.15) is 6.54 Å². The lowest BCUT2D eigenvalue weighted by Gasteiger charge is -2.18. The van der Waals surface area contributed by atoms with E-state index < -0.39 is 12.7 Å². The number of rotatable bonds is 5. The van der Waals surface area contributed by atoms with Gasteiger partial charge in [0.05, 0.1) is 0 Å². The number of nitrogens with one attached hydrogen (secondary N) is 1. The predicted molar refractivity (Wildman–Crippen MR) is 61.2 cm³/mol. The van der Waals surface area contributed by atoms with Crippen molar-refractivity contribution in [2.24, 2.45) is 0 Å². The van der Waals surface area contributed by atoms with Gasteiger partial charge in [-0.05, 0) is 12.8 Å². The second-order valence-electron chi connectivity index (χ2n) is 4.52. The van der Waals surface area contributed by atoms with Crippen molar-refractivity contribution in [3.8, 4) is 0 Å². The van der Waals surface area contributed by atoms with Crippen LogP contribution in [0, 0.1) is 0 Å². The van der Waals surface area contributed by atoms with E-state index in [2.05, 4.69) is 15.3 Å². The van der Waals surface area contributed by atoms with Gasteiger partial charge in [0, 0.05) is 37.6 Å². The molecule has 0 aliphatic heterocycles. The summed E-state index contributed by atoms with van der Waals surface area (Å²) in [5, 5.41) is 3.29. The summed E-state index contributed by atoms with van der Waals surface area (Å²) in [6, 6.07) is 0.581. The molecule has 1 aromatic rings. The van der Waals surface area contributed by atoms with Crippen molar-refractivity contribution < 1.29 is 13.2 Å². The van der Waals surface area contributed by atoms with Crippen molar-refractivity contribution in [2.75, 3.05) is 18.5 Å². The molecule has 1 aliphatic rings. The van der Waals surface area contributed by atoms with Crippen molar-refractivity contribution >= 4 is 5.95 Å². The van der Waals surface area contributed by atoms with E-state index in [-0.39, 0.29) is 5.95 Å².